The highest BCUT2D eigenvalue weighted by atomic mass is 79.9. The van der Waals surface area contributed by atoms with Crippen molar-refractivity contribution in [2.24, 2.45) is 5.92 Å². The van der Waals surface area contributed by atoms with Crippen molar-refractivity contribution >= 4 is 39.0 Å². The molecular formula is C19H19BrN6O. The average Bonchev–Trinajstić information content (AvgIpc) is 3.33. The van der Waals surface area contributed by atoms with Gasteiger partial charge in [-0.05, 0) is 55.2 Å². The third kappa shape index (κ3) is 2.97. The van der Waals surface area contributed by atoms with Gasteiger partial charge in [0, 0.05) is 35.7 Å². The van der Waals surface area contributed by atoms with Gasteiger partial charge in [0.2, 0.25) is 5.91 Å². The quantitative estimate of drug-likeness (QED) is 0.629. The van der Waals surface area contributed by atoms with Crippen LogP contribution in [-0.2, 0) is 11.2 Å². The van der Waals surface area contributed by atoms with Crippen molar-refractivity contribution in [3.63, 3.8) is 0 Å². The predicted molar refractivity (Wildman–Crippen MR) is 106 cm³/mol. The van der Waals surface area contributed by atoms with Crippen molar-refractivity contribution in [1.82, 2.24) is 19.8 Å². The van der Waals surface area contributed by atoms with E-state index < -0.39 is 0 Å². The molecule has 3 aromatic rings. The van der Waals surface area contributed by atoms with Crippen LogP contribution in [0.5, 0.6) is 0 Å². The maximum Gasteiger partial charge on any atom is 0.230 e. The summed E-state index contributed by atoms with van der Waals surface area (Å²) in [7, 11) is 0. The molecule has 0 spiro atoms. The highest BCUT2D eigenvalue weighted by Gasteiger charge is 2.32. The largest absolute Gasteiger partial charge is 0.355 e. The van der Waals surface area contributed by atoms with Crippen LogP contribution in [0, 0.1) is 5.92 Å². The fourth-order valence-corrected chi connectivity index (χ4v) is 4.47. The summed E-state index contributed by atoms with van der Waals surface area (Å²) in [6.45, 7) is 2.45. The van der Waals surface area contributed by atoms with E-state index in [1.165, 1.54) is 5.56 Å². The molecule has 0 atom stereocenters. The molecule has 8 heteroatoms. The monoisotopic (exact) mass is 426 g/mol. The van der Waals surface area contributed by atoms with Crippen LogP contribution in [-0.4, -0.2) is 45.4 Å². The molecule has 1 amide bonds. The molecule has 0 radical (unpaired) electrons. The molecule has 0 bridgehead atoms. The highest BCUT2D eigenvalue weighted by Crippen LogP contribution is 2.33. The number of carbonyl (C=O) groups is 1. The number of hydrogen-bond donors (Lipinski definition) is 0. The Balaban J connectivity index is 1.27. The lowest BCUT2D eigenvalue weighted by Gasteiger charge is -2.33. The fraction of sp³-hybridized carbons (Fsp3) is 0.368. The standard InChI is InChI=1S/C19H19BrN6O/c20-15-1-2-16-14(11-15)7-10-25(16)19(27)13-5-8-24(9-6-13)18-4-3-17-22-21-12-26(17)23-18/h1-4,11-13H,5-10H2. The fourth-order valence-electron chi connectivity index (χ4n) is 4.06. The third-order valence-corrected chi connectivity index (χ3v) is 6.01. The first kappa shape index (κ1) is 16.7. The molecule has 0 N–H and O–H groups in total. The number of piperidine rings is 1. The van der Waals surface area contributed by atoms with Gasteiger partial charge in [0.05, 0.1) is 0 Å². The number of halogens is 1. The van der Waals surface area contributed by atoms with Gasteiger partial charge in [0.1, 0.15) is 12.1 Å². The number of hydrogen-bond acceptors (Lipinski definition) is 5. The van der Waals surface area contributed by atoms with Crippen molar-refractivity contribution in [1.29, 1.82) is 0 Å². The summed E-state index contributed by atoms with van der Waals surface area (Å²) in [6, 6.07) is 10.1. The van der Waals surface area contributed by atoms with Crippen molar-refractivity contribution < 1.29 is 4.79 Å². The molecule has 7 nitrogen and oxygen atoms in total. The molecule has 5 rings (SSSR count). The molecule has 1 fully saturated rings. The van der Waals surface area contributed by atoms with Crippen LogP contribution < -0.4 is 9.80 Å². The second kappa shape index (κ2) is 6.60. The summed E-state index contributed by atoms with van der Waals surface area (Å²) in [6.07, 6.45) is 4.24. The first-order valence-electron chi connectivity index (χ1n) is 9.21. The van der Waals surface area contributed by atoms with E-state index in [0.29, 0.717) is 0 Å². The second-order valence-corrected chi connectivity index (χ2v) is 8.02. The van der Waals surface area contributed by atoms with Gasteiger partial charge in [-0.3, -0.25) is 4.79 Å². The predicted octanol–water partition coefficient (Wildman–Crippen LogP) is 2.69. The number of rotatable bonds is 2. The van der Waals surface area contributed by atoms with Crippen LogP contribution in [0.15, 0.2) is 41.1 Å². The molecule has 2 aliphatic rings. The van der Waals surface area contributed by atoms with Gasteiger partial charge in [-0.1, -0.05) is 15.9 Å². The summed E-state index contributed by atoms with van der Waals surface area (Å²) in [5.74, 6) is 1.25. The molecule has 1 saturated heterocycles. The Hall–Kier alpha value is -2.48. The van der Waals surface area contributed by atoms with Gasteiger partial charge in [-0.2, -0.15) is 4.52 Å². The van der Waals surface area contributed by atoms with Gasteiger partial charge < -0.3 is 9.80 Å². The summed E-state index contributed by atoms with van der Waals surface area (Å²) in [4.78, 5) is 17.3. The maximum absolute atomic E-state index is 13.1. The van der Waals surface area contributed by atoms with E-state index in [0.717, 1.165) is 60.5 Å². The molecule has 2 aliphatic heterocycles. The normalized spacial score (nSPS) is 17.5. The van der Waals surface area contributed by atoms with E-state index in [1.807, 2.05) is 23.1 Å². The van der Waals surface area contributed by atoms with Crippen molar-refractivity contribution in [2.75, 3.05) is 29.4 Å². The van der Waals surface area contributed by atoms with E-state index in [2.05, 4.69) is 48.3 Å². The summed E-state index contributed by atoms with van der Waals surface area (Å²) < 4.78 is 2.76. The Labute approximate surface area is 165 Å². The van der Waals surface area contributed by atoms with Crippen molar-refractivity contribution in [2.45, 2.75) is 19.3 Å². The minimum atomic E-state index is 0.0782. The zero-order valence-electron chi connectivity index (χ0n) is 14.8. The van der Waals surface area contributed by atoms with Gasteiger partial charge in [-0.25, -0.2) is 0 Å². The summed E-state index contributed by atoms with van der Waals surface area (Å²) in [5, 5.41) is 12.4. The van der Waals surface area contributed by atoms with Crippen LogP contribution in [0.4, 0.5) is 11.5 Å². The molecule has 2 aromatic heterocycles. The minimum absolute atomic E-state index is 0.0782. The molecule has 1 aromatic carbocycles. The van der Waals surface area contributed by atoms with Gasteiger partial charge in [-0.15, -0.1) is 15.3 Å². The van der Waals surface area contributed by atoms with Gasteiger partial charge in [0.25, 0.3) is 0 Å². The molecule has 0 aliphatic carbocycles. The van der Waals surface area contributed by atoms with Gasteiger partial charge in [0.15, 0.2) is 5.65 Å². The highest BCUT2D eigenvalue weighted by molar-refractivity contribution is 9.10. The lowest BCUT2D eigenvalue weighted by molar-refractivity contribution is -0.122. The first-order chi connectivity index (χ1) is 13.2. The zero-order chi connectivity index (χ0) is 18.4. The van der Waals surface area contributed by atoms with Crippen LogP contribution >= 0.6 is 15.9 Å². The number of fused-ring (bicyclic) bond motifs is 2. The smallest absolute Gasteiger partial charge is 0.230 e. The average molecular weight is 427 g/mol. The third-order valence-electron chi connectivity index (χ3n) is 5.52. The number of amides is 1. The van der Waals surface area contributed by atoms with Crippen LogP contribution in [0.25, 0.3) is 5.65 Å². The van der Waals surface area contributed by atoms with E-state index in [4.69, 9.17) is 0 Å². The zero-order valence-corrected chi connectivity index (χ0v) is 16.3. The van der Waals surface area contributed by atoms with E-state index in [-0.39, 0.29) is 11.8 Å². The Morgan fingerprint density at radius 2 is 1.96 bits per heavy atom. The minimum Gasteiger partial charge on any atom is -0.355 e. The van der Waals surface area contributed by atoms with Crippen LogP contribution in [0.3, 0.4) is 0 Å². The Morgan fingerprint density at radius 1 is 1.11 bits per heavy atom. The second-order valence-electron chi connectivity index (χ2n) is 7.10. The summed E-state index contributed by atoms with van der Waals surface area (Å²) >= 11 is 3.52. The molecule has 0 saturated carbocycles. The first-order valence-corrected chi connectivity index (χ1v) is 10.0. The lowest BCUT2D eigenvalue weighted by Crippen LogP contribution is -2.42. The van der Waals surface area contributed by atoms with Crippen molar-refractivity contribution in [3.8, 4) is 0 Å². The molecular weight excluding hydrogens is 408 g/mol. The lowest BCUT2D eigenvalue weighted by atomic mass is 9.95. The molecule has 27 heavy (non-hydrogen) atoms. The number of benzene rings is 1. The van der Waals surface area contributed by atoms with E-state index >= 15 is 0 Å². The maximum atomic E-state index is 13.1. The summed E-state index contributed by atoms with van der Waals surface area (Å²) in [5.41, 5.74) is 3.06. The van der Waals surface area contributed by atoms with Crippen molar-refractivity contribution in [3.05, 3.63) is 46.7 Å². The van der Waals surface area contributed by atoms with Crippen LogP contribution in [0.2, 0.25) is 0 Å². The van der Waals surface area contributed by atoms with E-state index in [1.54, 1.807) is 10.8 Å². The molecule has 138 valence electrons. The topological polar surface area (TPSA) is 66.6 Å². The number of anilines is 2. The SMILES string of the molecule is O=C(C1CCN(c2ccc3nncn3n2)CC1)N1CCc2cc(Br)ccc21. The molecule has 4 heterocycles. The molecule has 0 unspecified atom stereocenters. The van der Waals surface area contributed by atoms with Gasteiger partial charge >= 0.3 is 0 Å². The Morgan fingerprint density at radius 3 is 2.81 bits per heavy atom. The Bertz CT molecular complexity index is 1010. The number of aromatic nitrogens is 4. The van der Waals surface area contributed by atoms with E-state index in [9.17, 15) is 4.79 Å². The number of carbonyl (C=O) groups excluding carboxylic acids is 1. The van der Waals surface area contributed by atoms with Crippen LogP contribution in [0.1, 0.15) is 18.4 Å². The number of nitrogens with zero attached hydrogens (tertiary/aromatic N) is 6. The Kier molecular flexibility index (Phi) is 4.07.